The largest absolute Gasteiger partial charge is 0.481 e. The highest BCUT2D eigenvalue weighted by Gasteiger charge is 2.68. The molecule has 5 aliphatic rings. The van der Waals surface area contributed by atoms with Crippen molar-refractivity contribution in [2.45, 2.75) is 103 Å². The van der Waals surface area contributed by atoms with E-state index >= 15 is 0 Å². The van der Waals surface area contributed by atoms with Crippen LogP contribution >= 0.6 is 0 Å². The maximum atomic E-state index is 13.8. The van der Waals surface area contributed by atoms with Gasteiger partial charge in [0.2, 0.25) is 11.7 Å². The van der Waals surface area contributed by atoms with E-state index in [0.717, 1.165) is 31.3 Å². The minimum absolute atomic E-state index is 0.0247. The standard InChI is InChI=1S/C33H45NO9/c1-31-13-11-22(35)15-21(31)7-8-23-24-12-14-33(42,32(24,2)16-25(36)29(23)31)26(37)18-43-28(39)10-9-27(38)34-17-19-3-5-20(6-4-19)30(40)41/h15,19-20,23-24,29,42H,3-14,16-18H2,1-2H3,(H,34,38)(H,40,41)/t19?,20?,23-,24+,29+,31+,32+,33+/m1/s1. The van der Waals surface area contributed by atoms with Crippen molar-refractivity contribution in [3.8, 4) is 0 Å². The first-order valence-electron chi connectivity index (χ1n) is 16.0. The number of allylic oxidation sites excluding steroid dienone is 1. The number of amides is 1. The molecular formula is C33H45NO9. The number of aliphatic hydroxyl groups is 1. The lowest BCUT2D eigenvalue weighted by atomic mass is 9.46. The summed E-state index contributed by atoms with van der Waals surface area (Å²) in [5, 5.41) is 23.7. The van der Waals surface area contributed by atoms with E-state index in [9.17, 15) is 33.9 Å². The summed E-state index contributed by atoms with van der Waals surface area (Å²) < 4.78 is 5.21. The van der Waals surface area contributed by atoms with Crippen molar-refractivity contribution in [1.82, 2.24) is 5.32 Å². The van der Waals surface area contributed by atoms with Crippen LogP contribution in [0.2, 0.25) is 0 Å². The van der Waals surface area contributed by atoms with E-state index in [0.29, 0.717) is 38.6 Å². The number of hydrogen-bond acceptors (Lipinski definition) is 8. The van der Waals surface area contributed by atoms with Gasteiger partial charge in [0.1, 0.15) is 11.4 Å². The number of esters is 1. The zero-order valence-electron chi connectivity index (χ0n) is 25.3. The fourth-order valence-corrected chi connectivity index (χ4v) is 9.36. The third-order valence-corrected chi connectivity index (χ3v) is 12.0. The zero-order chi connectivity index (χ0) is 31.2. The average Bonchev–Trinajstić information content (AvgIpc) is 3.24. The second kappa shape index (κ2) is 11.9. The second-order valence-corrected chi connectivity index (χ2v) is 14.2. The van der Waals surface area contributed by atoms with Crippen molar-refractivity contribution in [3.05, 3.63) is 11.6 Å². The monoisotopic (exact) mass is 599 g/mol. The molecule has 0 unspecified atom stereocenters. The van der Waals surface area contributed by atoms with Crippen molar-refractivity contribution in [3.63, 3.8) is 0 Å². The third-order valence-electron chi connectivity index (χ3n) is 12.0. The van der Waals surface area contributed by atoms with E-state index < -0.39 is 35.3 Å². The molecule has 0 saturated heterocycles. The number of ketones is 3. The Bertz CT molecular complexity index is 1230. The number of ether oxygens (including phenoxy) is 1. The van der Waals surface area contributed by atoms with Crippen molar-refractivity contribution in [1.29, 1.82) is 0 Å². The van der Waals surface area contributed by atoms with Gasteiger partial charge in [-0.05, 0) is 87.0 Å². The highest BCUT2D eigenvalue weighted by atomic mass is 16.5. The maximum Gasteiger partial charge on any atom is 0.306 e. The lowest BCUT2D eigenvalue weighted by Crippen LogP contribution is -2.61. The summed E-state index contributed by atoms with van der Waals surface area (Å²) in [6, 6.07) is 0. The van der Waals surface area contributed by atoms with Gasteiger partial charge in [0.25, 0.3) is 0 Å². The zero-order valence-corrected chi connectivity index (χ0v) is 25.3. The van der Waals surface area contributed by atoms with E-state index in [1.165, 1.54) is 0 Å². The molecule has 10 nitrogen and oxygen atoms in total. The fourth-order valence-electron chi connectivity index (χ4n) is 9.36. The first-order chi connectivity index (χ1) is 20.3. The van der Waals surface area contributed by atoms with Gasteiger partial charge in [0.05, 0.1) is 12.3 Å². The van der Waals surface area contributed by atoms with Crippen molar-refractivity contribution >= 4 is 35.2 Å². The predicted molar refractivity (Wildman–Crippen MR) is 153 cm³/mol. The molecule has 5 rings (SSSR count). The SMILES string of the molecule is C[C@]12CCC(=O)C=C1CC[C@H]1[C@H]2C(=O)C[C@@]2(C)[C@H]1CC[C@]2(O)C(=O)COC(=O)CCC(=O)NCC1CCC(C(=O)O)CC1. The van der Waals surface area contributed by atoms with E-state index in [1.54, 1.807) is 6.08 Å². The van der Waals surface area contributed by atoms with Gasteiger partial charge < -0.3 is 20.3 Å². The van der Waals surface area contributed by atoms with Crippen LogP contribution in [-0.2, 0) is 33.5 Å². The second-order valence-electron chi connectivity index (χ2n) is 14.2. The van der Waals surface area contributed by atoms with Gasteiger partial charge in [-0.15, -0.1) is 0 Å². The molecule has 0 aromatic rings. The number of carbonyl (C=O) groups is 6. The van der Waals surface area contributed by atoms with E-state index in [1.807, 2.05) is 6.92 Å². The Hall–Kier alpha value is -2.88. The number of carboxylic acid groups (broad SMARTS) is 1. The first-order valence-corrected chi connectivity index (χ1v) is 16.0. The fraction of sp³-hybridized carbons (Fsp3) is 0.758. The molecule has 0 heterocycles. The quantitative estimate of drug-likeness (QED) is 0.337. The summed E-state index contributed by atoms with van der Waals surface area (Å²) in [6.45, 7) is 3.75. The van der Waals surface area contributed by atoms with Crippen molar-refractivity contribution in [2.75, 3.05) is 13.2 Å². The Labute approximate surface area is 252 Å². The lowest BCUT2D eigenvalue weighted by molar-refractivity contribution is -0.173. The first kappa shape index (κ1) is 31.5. The molecule has 3 N–H and O–H groups in total. The predicted octanol–water partition coefficient (Wildman–Crippen LogP) is 3.33. The molecule has 0 aromatic heterocycles. The van der Waals surface area contributed by atoms with Gasteiger partial charge in [-0.2, -0.15) is 0 Å². The van der Waals surface area contributed by atoms with Gasteiger partial charge in [0, 0.05) is 37.1 Å². The molecule has 4 saturated carbocycles. The van der Waals surface area contributed by atoms with Crippen LogP contribution in [-0.4, -0.2) is 64.2 Å². The van der Waals surface area contributed by atoms with Crippen LogP contribution in [0.25, 0.3) is 0 Å². The maximum absolute atomic E-state index is 13.8. The van der Waals surface area contributed by atoms with Crippen LogP contribution in [0.4, 0.5) is 0 Å². The highest BCUT2D eigenvalue weighted by molar-refractivity contribution is 5.95. The molecule has 5 aliphatic carbocycles. The Morgan fingerprint density at radius 1 is 0.977 bits per heavy atom. The molecule has 10 heteroatoms. The summed E-state index contributed by atoms with van der Waals surface area (Å²) in [5.74, 6) is -2.58. The van der Waals surface area contributed by atoms with Crippen LogP contribution in [0.1, 0.15) is 97.3 Å². The Morgan fingerprint density at radius 3 is 2.40 bits per heavy atom. The number of carboxylic acids is 1. The van der Waals surface area contributed by atoms with Crippen LogP contribution in [0.3, 0.4) is 0 Å². The molecule has 0 radical (unpaired) electrons. The number of fused-ring (bicyclic) bond motifs is 5. The van der Waals surface area contributed by atoms with Gasteiger partial charge in [-0.3, -0.25) is 28.8 Å². The number of nitrogens with one attached hydrogen (secondary N) is 1. The number of carbonyl (C=O) groups excluding carboxylic acids is 5. The number of aliphatic carboxylic acids is 1. The number of rotatable bonds is 9. The van der Waals surface area contributed by atoms with Crippen molar-refractivity contribution in [2.24, 2.45) is 40.4 Å². The topological polar surface area (TPSA) is 164 Å². The summed E-state index contributed by atoms with van der Waals surface area (Å²) in [5.41, 5.74) is -2.04. The van der Waals surface area contributed by atoms with E-state index in [2.05, 4.69) is 12.2 Å². The molecule has 43 heavy (non-hydrogen) atoms. The van der Waals surface area contributed by atoms with Gasteiger partial charge >= 0.3 is 11.9 Å². The van der Waals surface area contributed by atoms with Crippen LogP contribution in [0, 0.1) is 40.4 Å². The van der Waals surface area contributed by atoms with Gasteiger partial charge in [-0.25, -0.2) is 0 Å². The lowest BCUT2D eigenvalue weighted by Gasteiger charge is -2.57. The molecular weight excluding hydrogens is 554 g/mol. The minimum Gasteiger partial charge on any atom is -0.481 e. The van der Waals surface area contributed by atoms with E-state index in [4.69, 9.17) is 9.84 Å². The van der Waals surface area contributed by atoms with Crippen molar-refractivity contribution < 1.29 is 43.7 Å². The summed E-state index contributed by atoms with van der Waals surface area (Å²) in [6.07, 6.45) is 7.54. The highest BCUT2D eigenvalue weighted by Crippen LogP contribution is 2.66. The van der Waals surface area contributed by atoms with E-state index in [-0.39, 0.29) is 78.2 Å². The molecule has 236 valence electrons. The molecule has 6 atom stereocenters. The summed E-state index contributed by atoms with van der Waals surface area (Å²) in [7, 11) is 0. The molecule has 1 amide bonds. The molecule has 0 bridgehead atoms. The third kappa shape index (κ3) is 5.71. The number of hydrogen-bond donors (Lipinski definition) is 3. The van der Waals surface area contributed by atoms with Crippen LogP contribution in [0.5, 0.6) is 0 Å². The number of Topliss-reactive ketones (excluding diaryl/α,β-unsaturated/α-hetero) is 2. The molecule has 0 aliphatic heterocycles. The van der Waals surface area contributed by atoms with Gasteiger partial charge in [-0.1, -0.05) is 19.4 Å². The Balaban J connectivity index is 1.12. The van der Waals surface area contributed by atoms with Gasteiger partial charge in [0.15, 0.2) is 12.4 Å². The summed E-state index contributed by atoms with van der Waals surface area (Å²) in [4.78, 5) is 75.0. The molecule has 0 aromatic carbocycles. The Kier molecular flexibility index (Phi) is 8.73. The minimum atomic E-state index is -1.78. The van der Waals surface area contributed by atoms with Crippen LogP contribution < -0.4 is 5.32 Å². The Morgan fingerprint density at radius 2 is 1.70 bits per heavy atom. The smallest absolute Gasteiger partial charge is 0.306 e. The normalized spacial score (nSPS) is 38.7. The molecule has 4 fully saturated rings. The molecule has 0 spiro atoms. The van der Waals surface area contributed by atoms with Crippen LogP contribution in [0.15, 0.2) is 11.6 Å². The summed E-state index contributed by atoms with van der Waals surface area (Å²) >= 11 is 0. The average molecular weight is 600 g/mol.